The Labute approximate surface area is 115 Å². The van der Waals surface area contributed by atoms with Crippen molar-refractivity contribution in [1.29, 1.82) is 0 Å². The number of carbonyl (C=O) groups excluding carboxylic acids is 1. The van der Waals surface area contributed by atoms with Gasteiger partial charge in [-0.1, -0.05) is 13.8 Å². The van der Waals surface area contributed by atoms with Crippen LogP contribution in [0.3, 0.4) is 0 Å². The molecule has 0 saturated carbocycles. The lowest BCUT2D eigenvalue weighted by Crippen LogP contribution is -2.39. The minimum Gasteiger partial charge on any atom is -0.496 e. The molecule has 0 aliphatic carbocycles. The van der Waals surface area contributed by atoms with Gasteiger partial charge in [0.1, 0.15) is 5.75 Å². The largest absolute Gasteiger partial charge is 0.496 e. The van der Waals surface area contributed by atoms with Crippen molar-refractivity contribution in [2.24, 2.45) is 11.1 Å². The zero-order chi connectivity index (χ0) is 14.6. The topological polar surface area (TPSA) is 55.6 Å². The Kier molecular flexibility index (Phi) is 4.95. The van der Waals surface area contributed by atoms with Crippen LogP contribution in [-0.4, -0.2) is 38.1 Å². The van der Waals surface area contributed by atoms with E-state index < -0.39 is 0 Å². The fourth-order valence-electron chi connectivity index (χ4n) is 2.01. The Morgan fingerprint density at radius 1 is 1.42 bits per heavy atom. The molecule has 0 aromatic heterocycles. The van der Waals surface area contributed by atoms with E-state index >= 15 is 0 Å². The fraction of sp³-hybridized carbons (Fsp3) is 0.533. The lowest BCUT2D eigenvalue weighted by Gasteiger charge is -2.29. The van der Waals surface area contributed by atoms with Gasteiger partial charge in [-0.15, -0.1) is 0 Å². The highest BCUT2D eigenvalue weighted by molar-refractivity contribution is 5.94. The summed E-state index contributed by atoms with van der Waals surface area (Å²) in [5, 5.41) is 0. The lowest BCUT2D eigenvalue weighted by atomic mass is 9.93. The van der Waals surface area contributed by atoms with Gasteiger partial charge in [0.05, 0.1) is 7.11 Å². The number of hydrogen-bond donors (Lipinski definition) is 1. The van der Waals surface area contributed by atoms with E-state index in [1.807, 2.05) is 19.1 Å². The van der Waals surface area contributed by atoms with Gasteiger partial charge in [-0.25, -0.2) is 0 Å². The van der Waals surface area contributed by atoms with Gasteiger partial charge in [-0.3, -0.25) is 4.79 Å². The molecule has 0 aliphatic heterocycles. The Bertz CT molecular complexity index is 455. The van der Waals surface area contributed by atoms with Gasteiger partial charge < -0.3 is 15.4 Å². The third-order valence-electron chi connectivity index (χ3n) is 3.21. The second-order valence-electron chi connectivity index (χ2n) is 5.71. The summed E-state index contributed by atoms with van der Waals surface area (Å²) in [5.41, 5.74) is 7.26. The molecule has 106 valence electrons. The molecule has 0 fully saturated rings. The summed E-state index contributed by atoms with van der Waals surface area (Å²) in [6.45, 7) is 7.21. The third-order valence-corrected chi connectivity index (χ3v) is 3.21. The normalized spacial score (nSPS) is 11.3. The minimum atomic E-state index is -0.0775. The van der Waals surface area contributed by atoms with Crippen molar-refractivity contribution in [1.82, 2.24) is 4.90 Å². The smallest absolute Gasteiger partial charge is 0.253 e. The molecule has 0 aliphatic rings. The molecule has 1 amide bonds. The predicted molar refractivity (Wildman–Crippen MR) is 77.5 cm³/mol. The van der Waals surface area contributed by atoms with Crippen LogP contribution in [0.25, 0.3) is 0 Å². The summed E-state index contributed by atoms with van der Waals surface area (Å²) in [7, 11) is 3.43. The monoisotopic (exact) mass is 264 g/mol. The van der Waals surface area contributed by atoms with E-state index in [2.05, 4.69) is 13.8 Å². The third kappa shape index (κ3) is 3.96. The van der Waals surface area contributed by atoms with Crippen molar-refractivity contribution in [3.63, 3.8) is 0 Å². The van der Waals surface area contributed by atoms with Crippen LogP contribution < -0.4 is 10.5 Å². The molecule has 0 bridgehead atoms. The summed E-state index contributed by atoms with van der Waals surface area (Å²) < 4.78 is 5.20. The van der Waals surface area contributed by atoms with Crippen LogP contribution in [0.15, 0.2) is 18.2 Å². The first-order chi connectivity index (χ1) is 8.80. The van der Waals surface area contributed by atoms with E-state index in [1.165, 1.54) is 0 Å². The Hall–Kier alpha value is -1.55. The first-order valence-electron chi connectivity index (χ1n) is 6.41. The minimum absolute atomic E-state index is 0.00674. The molecule has 1 aromatic carbocycles. The van der Waals surface area contributed by atoms with Crippen LogP contribution in [0.4, 0.5) is 0 Å². The first kappa shape index (κ1) is 15.5. The van der Waals surface area contributed by atoms with Gasteiger partial charge in [-0.05, 0) is 42.6 Å². The van der Waals surface area contributed by atoms with Crippen LogP contribution in [-0.2, 0) is 0 Å². The molecule has 0 heterocycles. The number of rotatable bonds is 5. The number of nitrogens with zero attached hydrogens (tertiary/aromatic N) is 1. The number of benzene rings is 1. The number of nitrogens with two attached hydrogens (primary N) is 1. The highest BCUT2D eigenvalue weighted by atomic mass is 16.5. The van der Waals surface area contributed by atoms with Crippen molar-refractivity contribution in [3.05, 3.63) is 29.3 Å². The molecule has 19 heavy (non-hydrogen) atoms. The van der Waals surface area contributed by atoms with Gasteiger partial charge >= 0.3 is 0 Å². The molecular weight excluding hydrogens is 240 g/mol. The van der Waals surface area contributed by atoms with E-state index in [0.29, 0.717) is 18.7 Å². The van der Waals surface area contributed by atoms with Crippen LogP contribution in [0.2, 0.25) is 0 Å². The number of hydrogen-bond acceptors (Lipinski definition) is 3. The van der Waals surface area contributed by atoms with Crippen LogP contribution in [0.1, 0.15) is 29.8 Å². The second-order valence-corrected chi connectivity index (χ2v) is 5.71. The van der Waals surface area contributed by atoms with Crippen LogP contribution in [0.5, 0.6) is 5.75 Å². The molecule has 0 spiro atoms. The molecule has 4 heteroatoms. The van der Waals surface area contributed by atoms with Gasteiger partial charge in [0.2, 0.25) is 0 Å². The molecule has 0 saturated heterocycles. The average molecular weight is 264 g/mol. The van der Waals surface area contributed by atoms with Crippen molar-refractivity contribution in [2.45, 2.75) is 20.8 Å². The summed E-state index contributed by atoms with van der Waals surface area (Å²) in [6, 6.07) is 5.47. The zero-order valence-corrected chi connectivity index (χ0v) is 12.5. The van der Waals surface area contributed by atoms with E-state index in [4.69, 9.17) is 10.5 Å². The number of amides is 1. The molecule has 1 rings (SSSR count). The van der Waals surface area contributed by atoms with Crippen molar-refractivity contribution >= 4 is 5.91 Å². The maximum atomic E-state index is 12.3. The van der Waals surface area contributed by atoms with Crippen molar-refractivity contribution in [3.8, 4) is 5.75 Å². The number of aryl methyl sites for hydroxylation is 1. The SMILES string of the molecule is COc1ccc(C(=O)N(C)CC(C)(C)CN)cc1C. The molecule has 0 atom stereocenters. The molecule has 4 nitrogen and oxygen atoms in total. The van der Waals surface area contributed by atoms with Gasteiger partial charge in [0.15, 0.2) is 0 Å². The van der Waals surface area contributed by atoms with Gasteiger partial charge in [0, 0.05) is 19.2 Å². The molecule has 0 unspecified atom stereocenters. The first-order valence-corrected chi connectivity index (χ1v) is 6.41. The molecule has 1 aromatic rings. The Morgan fingerprint density at radius 2 is 2.05 bits per heavy atom. The standard InChI is InChI=1S/C15H24N2O2/c1-11-8-12(6-7-13(11)19-5)14(18)17(4)10-15(2,3)9-16/h6-8H,9-10,16H2,1-5H3. The van der Waals surface area contributed by atoms with Crippen molar-refractivity contribution < 1.29 is 9.53 Å². The summed E-state index contributed by atoms with van der Waals surface area (Å²) >= 11 is 0. The Balaban J connectivity index is 2.85. The summed E-state index contributed by atoms with van der Waals surface area (Å²) in [6.07, 6.45) is 0. The quantitative estimate of drug-likeness (QED) is 0.885. The van der Waals surface area contributed by atoms with Crippen LogP contribution >= 0.6 is 0 Å². The highest BCUT2D eigenvalue weighted by Gasteiger charge is 2.22. The zero-order valence-electron chi connectivity index (χ0n) is 12.5. The maximum Gasteiger partial charge on any atom is 0.253 e. The van der Waals surface area contributed by atoms with E-state index in [1.54, 1.807) is 25.1 Å². The van der Waals surface area contributed by atoms with Crippen LogP contribution in [0, 0.1) is 12.3 Å². The van der Waals surface area contributed by atoms with Gasteiger partial charge in [-0.2, -0.15) is 0 Å². The Morgan fingerprint density at radius 3 is 2.53 bits per heavy atom. The molecular formula is C15H24N2O2. The number of carbonyl (C=O) groups is 1. The predicted octanol–water partition coefficient (Wildman–Crippen LogP) is 2.06. The second kappa shape index (κ2) is 6.06. The van der Waals surface area contributed by atoms with Gasteiger partial charge in [0.25, 0.3) is 5.91 Å². The maximum absolute atomic E-state index is 12.3. The fourth-order valence-corrected chi connectivity index (χ4v) is 2.01. The number of methoxy groups -OCH3 is 1. The molecule has 2 N–H and O–H groups in total. The lowest BCUT2D eigenvalue weighted by molar-refractivity contribution is 0.0740. The number of ether oxygens (including phenoxy) is 1. The van der Waals surface area contributed by atoms with E-state index in [9.17, 15) is 4.79 Å². The van der Waals surface area contributed by atoms with Crippen molar-refractivity contribution in [2.75, 3.05) is 27.2 Å². The highest BCUT2D eigenvalue weighted by Crippen LogP contribution is 2.20. The molecule has 0 radical (unpaired) electrons. The van der Waals surface area contributed by atoms with E-state index in [0.717, 1.165) is 11.3 Å². The van der Waals surface area contributed by atoms with E-state index in [-0.39, 0.29) is 11.3 Å². The average Bonchev–Trinajstić information content (AvgIpc) is 2.37. The summed E-state index contributed by atoms with van der Waals surface area (Å²) in [4.78, 5) is 14.1. The summed E-state index contributed by atoms with van der Waals surface area (Å²) in [5.74, 6) is 0.800.